The molecule has 1 atom stereocenters. The van der Waals surface area contributed by atoms with Gasteiger partial charge in [-0.25, -0.2) is 4.79 Å². The molecule has 2 rings (SSSR count). The molecule has 0 aliphatic rings. The molecule has 1 heterocycles. The summed E-state index contributed by atoms with van der Waals surface area (Å²) in [5.41, 5.74) is 0.838. The molecule has 23 heavy (non-hydrogen) atoms. The van der Waals surface area contributed by atoms with Crippen LogP contribution in [0.3, 0.4) is 0 Å². The van der Waals surface area contributed by atoms with Crippen LogP contribution in [0.15, 0.2) is 28.8 Å². The van der Waals surface area contributed by atoms with Gasteiger partial charge >= 0.3 is 6.09 Å². The number of carbonyl (C=O) groups is 1. The summed E-state index contributed by atoms with van der Waals surface area (Å²) in [6.45, 7) is 0. The van der Waals surface area contributed by atoms with Crippen molar-refractivity contribution < 1.29 is 19.2 Å². The molecular weight excluding hydrogens is 369 g/mol. The minimum Gasteiger partial charge on any atom is -0.497 e. The molecule has 0 fully saturated rings. The molecule has 0 aliphatic heterocycles. The van der Waals surface area contributed by atoms with E-state index in [4.69, 9.17) is 49.2 Å². The number of rotatable bonds is 5. The van der Waals surface area contributed by atoms with Crippen molar-refractivity contribution in [3.8, 4) is 5.75 Å². The lowest BCUT2D eigenvalue weighted by molar-refractivity contribution is 0.189. The van der Waals surface area contributed by atoms with Crippen molar-refractivity contribution >= 4 is 40.9 Å². The zero-order valence-electron chi connectivity index (χ0n) is 11.8. The number of methoxy groups -OCH3 is 1. The second-order valence-corrected chi connectivity index (χ2v) is 6.79. The van der Waals surface area contributed by atoms with E-state index in [0.717, 1.165) is 5.56 Å². The van der Waals surface area contributed by atoms with E-state index in [-0.39, 0.29) is 18.1 Å². The van der Waals surface area contributed by atoms with Crippen LogP contribution in [0.4, 0.5) is 4.79 Å². The maximum atomic E-state index is 11.0. The zero-order chi connectivity index (χ0) is 17.0. The van der Waals surface area contributed by atoms with Gasteiger partial charge in [0.25, 0.3) is 9.68 Å². The van der Waals surface area contributed by atoms with Gasteiger partial charge in [0, 0.05) is 6.42 Å². The third kappa shape index (κ3) is 4.89. The Morgan fingerprint density at radius 3 is 2.52 bits per heavy atom. The van der Waals surface area contributed by atoms with Crippen LogP contribution in [0.25, 0.3) is 0 Å². The first-order valence-corrected chi connectivity index (χ1v) is 7.46. The third-order valence-electron chi connectivity index (χ3n) is 2.89. The Labute approximate surface area is 146 Å². The number of carboxylic acid groups (broad SMARTS) is 1. The van der Waals surface area contributed by atoms with Crippen LogP contribution in [-0.2, 0) is 10.2 Å². The van der Waals surface area contributed by atoms with Gasteiger partial charge < -0.3 is 19.7 Å². The topological polar surface area (TPSA) is 97.5 Å². The average molecular weight is 381 g/mol. The Balaban J connectivity index is 2.22. The average Bonchev–Trinajstić information content (AvgIpc) is 2.97. The van der Waals surface area contributed by atoms with Crippen molar-refractivity contribution in [1.82, 2.24) is 15.5 Å². The van der Waals surface area contributed by atoms with E-state index in [0.29, 0.717) is 5.75 Å². The second kappa shape index (κ2) is 7.25. The van der Waals surface area contributed by atoms with Gasteiger partial charge in [-0.05, 0) is 17.7 Å². The lowest BCUT2D eigenvalue weighted by Crippen LogP contribution is -2.29. The lowest BCUT2D eigenvalue weighted by atomic mass is 10.1. The first kappa shape index (κ1) is 17.7. The smallest absolute Gasteiger partial charge is 0.405 e. The molecule has 1 aromatic carbocycles. The predicted octanol–water partition coefficient (Wildman–Crippen LogP) is 3.46. The van der Waals surface area contributed by atoms with Crippen LogP contribution < -0.4 is 10.1 Å². The number of amides is 1. The number of halogens is 3. The largest absolute Gasteiger partial charge is 0.497 e. The monoisotopic (exact) mass is 379 g/mol. The number of benzene rings is 1. The molecule has 0 spiro atoms. The van der Waals surface area contributed by atoms with Crippen molar-refractivity contribution in [3.05, 3.63) is 41.5 Å². The van der Waals surface area contributed by atoms with Gasteiger partial charge in [0.15, 0.2) is 5.82 Å². The number of nitrogens with one attached hydrogen (secondary N) is 1. The standard InChI is InChI=1S/C13H12Cl3N3O4/c1-22-8-4-2-7(3-5-8)6-9(17-12(20)21)10-18-11(23-19-10)13(14,15)16/h2-5,9,17H,6H2,1H3,(H,20,21)/t9-/m0/s1. The van der Waals surface area contributed by atoms with Gasteiger partial charge in [0.05, 0.1) is 13.2 Å². The van der Waals surface area contributed by atoms with E-state index >= 15 is 0 Å². The number of hydrogen-bond donors (Lipinski definition) is 2. The molecule has 1 aromatic heterocycles. The lowest BCUT2D eigenvalue weighted by Gasteiger charge is -2.13. The molecular formula is C13H12Cl3N3O4. The number of nitrogens with zero attached hydrogens (tertiary/aromatic N) is 2. The molecule has 2 N–H and O–H groups in total. The van der Waals surface area contributed by atoms with E-state index in [2.05, 4.69) is 15.5 Å². The molecule has 0 aliphatic carbocycles. The van der Waals surface area contributed by atoms with Crippen LogP contribution in [0.2, 0.25) is 0 Å². The van der Waals surface area contributed by atoms with Gasteiger partial charge in [-0.1, -0.05) is 52.1 Å². The SMILES string of the molecule is COc1ccc(C[C@H](NC(=O)O)c2noc(C(Cl)(Cl)Cl)n2)cc1. The number of aromatic nitrogens is 2. The highest BCUT2D eigenvalue weighted by molar-refractivity contribution is 6.66. The normalized spacial score (nSPS) is 12.7. The fourth-order valence-electron chi connectivity index (χ4n) is 1.84. The quantitative estimate of drug-likeness (QED) is 0.771. The summed E-state index contributed by atoms with van der Waals surface area (Å²) in [5, 5.41) is 15.0. The fraction of sp³-hybridized carbons (Fsp3) is 0.308. The summed E-state index contributed by atoms with van der Waals surface area (Å²) < 4.78 is 8.05. The molecule has 7 nitrogen and oxygen atoms in total. The molecule has 0 bridgehead atoms. The summed E-state index contributed by atoms with van der Waals surface area (Å²) in [6, 6.07) is 6.36. The molecule has 1 amide bonds. The van der Waals surface area contributed by atoms with Crippen molar-refractivity contribution in [2.75, 3.05) is 7.11 Å². The van der Waals surface area contributed by atoms with Crippen molar-refractivity contribution in [1.29, 1.82) is 0 Å². The van der Waals surface area contributed by atoms with Gasteiger partial charge in [-0.15, -0.1) is 0 Å². The summed E-state index contributed by atoms with van der Waals surface area (Å²) in [4.78, 5) is 14.9. The molecule has 124 valence electrons. The Morgan fingerprint density at radius 1 is 1.39 bits per heavy atom. The highest BCUT2D eigenvalue weighted by Gasteiger charge is 2.32. The zero-order valence-corrected chi connectivity index (χ0v) is 14.1. The molecule has 10 heteroatoms. The minimum atomic E-state index is -1.88. The first-order valence-electron chi connectivity index (χ1n) is 6.33. The highest BCUT2D eigenvalue weighted by Crippen LogP contribution is 2.37. The van der Waals surface area contributed by atoms with Crippen LogP contribution in [0, 0.1) is 0 Å². The van der Waals surface area contributed by atoms with Crippen molar-refractivity contribution in [2.24, 2.45) is 0 Å². The second-order valence-electron chi connectivity index (χ2n) is 4.51. The molecule has 2 aromatic rings. The highest BCUT2D eigenvalue weighted by atomic mass is 35.6. The molecule has 0 saturated carbocycles. The van der Waals surface area contributed by atoms with Gasteiger partial charge in [0.1, 0.15) is 5.75 Å². The Kier molecular flexibility index (Phi) is 5.56. The number of alkyl halides is 3. The summed E-state index contributed by atoms with van der Waals surface area (Å²) in [7, 11) is 1.56. The summed E-state index contributed by atoms with van der Waals surface area (Å²) >= 11 is 17.0. The predicted molar refractivity (Wildman–Crippen MR) is 84.1 cm³/mol. The van der Waals surface area contributed by atoms with E-state index in [9.17, 15) is 4.79 Å². The Bertz CT molecular complexity index is 670. The molecule has 0 radical (unpaired) electrons. The van der Waals surface area contributed by atoms with E-state index in [1.165, 1.54) is 0 Å². The van der Waals surface area contributed by atoms with Crippen molar-refractivity contribution in [2.45, 2.75) is 16.3 Å². The minimum absolute atomic E-state index is 0.0737. The summed E-state index contributed by atoms with van der Waals surface area (Å²) in [5.74, 6) is 0.531. The summed E-state index contributed by atoms with van der Waals surface area (Å²) in [6.07, 6.45) is -0.946. The van der Waals surface area contributed by atoms with Gasteiger partial charge in [-0.2, -0.15) is 4.98 Å². The van der Waals surface area contributed by atoms with Crippen LogP contribution in [0.5, 0.6) is 5.75 Å². The van der Waals surface area contributed by atoms with Crippen LogP contribution >= 0.6 is 34.8 Å². The third-order valence-corrected chi connectivity index (χ3v) is 3.38. The maximum Gasteiger partial charge on any atom is 0.405 e. The van der Waals surface area contributed by atoms with E-state index in [1.54, 1.807) is 31.4 Å². The van der Waals surface area contributed by atoms with E-state index < -0.39 is 15.9 Å². The Hall–Kier alpha value is -1.70. The first-order chi connectivity index (χ1) is 10.8. The fourth-order valence-corrected chi connectivity index (χ4v) is 2.08. The van der Waals surface area contributed by atoms with Crippen molar-refractivity contribution in [3.63, 3.8) is 0 Å². The van der Waals surface area contributed by atoms with E-state index in [1.807, 2.05) is 0 Å². The maximum absolute atomic E-state index is 11.0. The van der Waals surface area contributed by atoms with Crippen LogP contribution in [-0.4, -0.2) is 28.5 Å². The number of ether oxygens (including phenoxy) is 1. The van der Waals surface area contributed by atoms with Gasteiger partial charge in [0.2, 0.25) is 0 Å². The number of hydrogen-bond acceptors (Lipinski definition) is 5. The molecule has 0 unspecified atom stereocenters. The van der Waals surface area contributed by atoms with Gasteiger partial charge in [-0.3, -0.25) is 0 Å². The Morgan fingerprint density at radius 2 is 2.04 bits per heavy atom. The van der Waals surface area contributed by atoms with Crippen LogP contribution in [0.1, 0.15) is 23.3 Å². The molecule has 0 saturated heterocycles.